The minimum atomic E-state index is -0.484. The molecule has 1 aromatic carbocycles. The third kappa shape index (κ3) is 1.71. The van der Waals surface area contributed by atoms with Gasteiger partial charge in [-0.1, -0.05) is 18.2 Å². The van der Waals surface area contributed by atoms with Gasteiger partial charge in [0.1, 0.15) is 16.8 Å². The molecule has 1 N–H and O–H groups in total. The average molecular weight is 271 g/mol. The zero-order chi connectivity index (χ0) is 14.3. The number of fused-ring (bicyclic) bond motifs is 3. The number of H-pyrrole nitrogens is 1. The van der Waals surface area contributed by atoms with E-state index < -0.39 is 11.6 Å². The Morgan fingerprint density at radius 3 is 2.85 bits per heavy atom. The third-order valence-corrected chi connectivity index (χ3v) is 3.24. The number of carbonyl (C=O) groups is 1. The first-order valence-corrected chi connectivity index (χ1v) is 6.34. The van der Waals surface area contributed by atoms with Crippen molar-refractivity contribution < 1.29 is 13.9 Å². The van der Waals surface area contributed by atoms with E-state index in [0.717, 1.165) is 10.9 Å². The van der Waals surface area contributed by atoms with Gasteiger partial charge in [0.05, 0.1) is 6.61 Å². The summed E-state index contributed by atoms with van der Waals surface area (Å²) in [5, 5.41) is 1.37. The van der Waals surface area contributed by atoms with Crippen LogP contribution in [0.5, 0.6) is 0 Å². The molecule has 0 aliphatic carbocycles. The number of aromatic amines is 1. The Balaban J connectivity index is 2.49. The molecule has 0 fully saturated rings. The van der Waals surface area contributed by atoms with Gasteiger partial charge in [-0.15, -0.1) is 0 Å². The number of hydrogen-bond donors (Lipinski definition) is 1. The average Bonchev–Trinajstić information content (AvgIpc) is 2.79. The number of rotatable bonds is 2. The van der Waals surface area contributed by atoms with Crippen LogP contribution in [0.1, 0.15) is 23.0 Å². The molecule has 0 saturated heterocycles. The van der Waals surface area contributed by atoms with Crippen molar-refractivity contribution in [3.63, 3.8) is 0 Å². The monoisotopic (exact) mass is 271 g/mol. The molecule has 0 spiro atoms. The van der Waals surface area contributed by atoms with Crippen LogP contribution in [0.4, 0.5) is 0 Å². The Hall–Kier alpha value is -2.56. The van der Waals surface area contributed by atoms with Gasteiger partial charge in [0.2, 0.25) is 0 Å². The molecule has 3 rings (SSSR count). The fraction of sp³-hybridized carbons (Fsp3) is 0.200. The molecule has 0 saturated carbocycles. The fourth-order valence-corrected chi connectivity index (χ4v) is 2.42. The molecular weight excluding hydrogens is 258 g/mol. The maximum absolute atomic E-state index is 12.1. The van der Waals surface area contributed by atoms with E-state index >= 15 is 0 Å². The lowest BCUT2D eigenvalue weighted by atomic mass is 10.1. The van der Waals surface area contributed by atoms with E-state index in [0.29, 0.717) is 16.5 Å². The summed E-state index contributed by atoms with van der Waals surface area (Å²) in [4.78, 5) is 27.1. The minimum Gasteiger partial charge on any atom is -0.462 e. The maximum atomic E-state index is 12.1. The molecular formula is C15H13NO4. The van der Waals surface area contributed by atoms with Gasteiger partial charge in [0, 0.05) is 16.3 Å². The normalized spacial score (nSPS) is 11.1. The molecule has 5 nitrogen and oxygen atoms in total. The van der Waals surface area contributed by atoms with Gasteiger partial charge >= 0.3 is 11.6 Å². The van der Waals surface area contributed by atoms with Crippen LogP contribution in [0, 0.1) is 6.92 Å². The van der Waals surface area contributed by atoms with Crippen LogP contribution >= 0.6 is 0 Å². The third-order valence-electron chi connectivity index (χ3n) is 3.24. The Bertz CT molecular complexity index is 873. The Morgan fingerprint density at radius 2 is 2.10 bits per heavy atom. The van der Waals surface area contributed by atoms with Gasteiger partial charge < -0.3 is 14.1 Å². The highest BCUT2D eigenvalue weighted by atomic mass is 16.5. The van der Waals surface area contributed by atoms with Gasteiger partial charge in [0.15, 0.2) is 0 Å². The predicted molar refractivity (Wildman–Crippen MR) is 75.0 cm³/mol. The summed E-state index contributed by atoms with van der Waals surface area (Å²) in [7, 11) is 0. The molecule has 0 bridgehead atoms. The molecule has 5 heteroatoms. The summed E-state index contributed by atoms with van der Waals surface area (Å²) in [5.74, 6) is -0.214. The fourth-order valence-electron chi connectivity index (χ4n) is 2.42. The number of para-hydroxylation sites is 1. The van der Waals surface area contributed by atoms with Crippen molar-refractivity contribution in [1.29, 1.82) is 0 Å². The molecule has 0 atom stereocenters. The van der Waals surface area contributed by atoms with E-state index in [1.54, 1.807) is 13.8 Å². The molecule has 0 radical (unpaired) electrons. The van der Waals surface area contributed by atoms with Crippen LogP contribution in [0.15, 0.2) is 33.5 Å². The van der Waals surface area contributed by atoms with E-state index in [4.69, 9.17) is 9.15 Å². The van der Waals surface area contributed by atoms with Gasteiger partial charge in [-0.25, -0.2) is 9.59 Å². The van der Waals surface area contributed by atoms with Crippen LogP contribution in [0.3, 0.4) is 0 Å². The summed E-state index contributed by atoms with van der Waals surface area (Å²) in [6, 6.07) is 7.42. The molecule has 0 aliphatic heterocycles. The Kier molecular flexibility index (Phi) is 2.82. The largest absolute Gasteiger partial charge is 0.462 e. The number of esters is 1. The summed E-state index contributed by atoms with van der Waals surface area (Å²) in [5.41, 5.74) is 0.895. The predicted octanol–water partition coefficient (Wildman–Crippen LogP) is 2.76. The van der Waals surface area contributed by atoms with Crippen molar-refractivity contribution in [2.75, 3.05) is 6.61 Å². The number of ether oxygens (including phenoxy) is 1. The lowest BCUT2D eigenvalue weighted by Gasteiger charge is -2.05. The molecule has 0 unspecified atom stereocenters. The molecule has 20 heavy (non-hydrogen) atoms. The number of benzene rings is 1. The lowest BCUT2D eigenvalue weighted by Crippen LogP contribution is -2.11. The van der Waals surface area contributed by atoms with Crippen LogP contribution in [0.2, 0.25) is 0 Å². The SMILES string of the molecule is CCOC(=O)c1c(C)oc(=O)c2[nH]c3ccccc3c12. The van der Waals surface area contributed by atoms with E-state index in [-0.39, 0.29) is 12.4 Å². The first kappa shape index (κ1) is 12.5. The Morgan fingerprint density at radius 1 is 1.35 bits per heavy atom. The van der Waals surface area contributed by atoms with Crippen molar-refractivity contribution in [3.05, 3.63) is 46.0 Å². The number of carbonyl (C=O) groups excluding carboxylic acids is 1. The zero-order valence-corrected chi connectivity index (χ0v) is 11.1. The van der Waals surface area contributed by atoms with Gasteiger partial charge in [-0.3, -0.25) is 0 Å². The standard InChI is InChI=1S/C15H13NO4/c1-3-19-14(17)11-8(2)20-15(18)13-12(11)9-6-4-5-7-10(9)16-13/h4-7,16H,3H2,1-2H3. The first-order valence-electron chi connectivity index (χ1n) is 6.34. The van der Waals surface area contributed by atoms with E-state index in [1.807, 2.05) is 24.3 Å². The highest BCUT2D eigenvalue weighted by Crippen LogP contribution is 2.28. The number of aryl methyl sites for hydroxylation is 1. The van der Waals surface area contributed by atoms with Crippen molar-refractivity contribution in [3.8, 4) is 0 Å². The summed E-state index contributed by atoms with van der Waals surface area (Å²) in [6.07, 6.45) is 0. The topological polar surface area (TPSA) is 72.3 Å². The quantitative estimate of drug-likeness (QED) is 0.727. The molecule has 2 aromatic heterocycles. The second-order valence-electron chi connectivity index (χ2n) is 4.46. The second kappa shape index (κ2) is 4.52. The molecule has 0 amide bonds. The maximum Gasteiger partial charge on any atom is 0.360 e. The zero-order valence-electron chi connectivity index (χ0n) is 11.1. The van der Waals surface area contributed by atoms with Crippen molar-refractivity contribution in [2.24, 2.45) is 0 Å². The van der Waals surface area contributed by atoms with Crippen molar-refractivity contribution >= 4 is 27.8 Å². The number of nitrogens with one attached hydrogen (secondary N) is 1. The lowest BCUT2D eigenvalue weighted by molar-refractivity contribution is 0.0524. The smallest absolute Gasteiger partial charge is 0.360 e. The summed E-state index contributed by atoms with van der Waals surface area (Å²) >= 11 is 0. The van der Waals surface area contributed by atoms with E-state index in [2.05, 4.69) is 4.98 Å². The molecule has 102 valence electrons. The first-order chi connectivity index (χ1) is 9.63. The van der Waals surface area contributed by atoms with E-state index in [9.17, 15) is 9.59 Å². The number of aromatic nitrogens is 1. The molecule has 2 heterocycles. The van der Waals surface area contributed by atoms with Crippen LogP contribution in [-0.4, -0.2) is 17.6 Å². The number of hydrogen-bond acceptors (Lipinski definition) is 4. The highest BCUT2D eigenvalue weighted by Gasteiger charge is 2.22. The van der Waals surface area contributed by atoms with Gasteiger partial charge in [-0.05, 0) is 19.9 Å². The highest BCUT2D eigenvalue weighted by molar-refractivity contribution is 6.16. The van der Waals surface area contributed by atoms with Crippen LogP contribution in [-0.2, 0) is 4.74 Å². The van der Waals surface area contributed by atoms with Gasteiger partial charge in [0.25, 0.3) is 0 Å². The van der Waals surface area contributed by atoms with Crippen molar-refractivity contribution in [2.45, 2.75) is 13.8 Å². The van der Waals surface area contributed by atoms with Crippen molar-refractivity contribution in [1.82, 2.24) is 4.98 Å². The Labute approximate surface area is 114 Å². The van der Waals surface area contributed by atoms with E-state index in [1.165, 1.54) is 0 Å². The minimum absolute atomic E-state index is 0.265. The summed E-state index contributed by atoms with van der Waals surface area (Å²) in [6.45, 7) is 3.59. The molecule has 0 aliphatic rings. The van der Waals surface area contributed by atoms with Gasteiger partial charge in [-0.2, -0.15) is 0 Å². The molecule has 3 aromatic rings. The second-order valence-corrected chi connectivity index (χ2v) is 4.46. The summed E-state index contributed by atoms with van der Waals surface area (Å²) < 4.78 is 10.2. The van der Waals surface area contributed by atoms with Crippen LogP contribution < -0.4 is 5.63 Å². The van der Waals surface area contributed by atoms with Crippen LogP contribution in [0.25, 0.3) is 21.8 Å².